The highest BCUT2D eigenvalue weighted by Gasteiger charge is 2.34. The molecule has 9 nitrogen and oxygen atoms in total. The van der Waals surface area contributed by atoms with Crippen molar-refractivity contribution in [3.05, 3.63) is 30.4 Å². The molecule has 1 fully saturated rings. The third kappa shape index (κ3) is 3.02. The second kappa shape index (κ2) is 6.67. The molecule has 9 heteroatoms. The van der Waals surface area contributed by atoms with Gasteiger partial charge in [-0.1, -0.05) is 0 Å². The van der Waals surface area contributed by atoms with Gasteiger partial charge in [-0.25, -0.2) is 9.97 Å². The summed E-state index contributed by atoms with van der Waals surface area (Å²) < 4.78 is 12.4. The first kappa shape index (κ1) is 15.8. The number of aromatic nitrogens is 4. The van der Waals surface area contributed by atoms with Crippen molar-refractivity contribution in [3.8, 4) is 5.88 Å². The molecule has 1 unspecified atom stereocenters. The monoisotopic (exact) mass is 344 g/mol. The largest absolute Gasteiger partial charge is 0.481 e. The van der Waals surface area contributed by atoms with Gasteiger partial charge in [0.2, 0.25) is 11.8 Å². The molecule has 4 heterocycles. The summed E-state index contributed by atoms with van der Waals surface area (Å²) in [5.41, 5.74) is 0.982. The summed E-state index contributed by atoms with van der Waals surface area (Å²) in [6, 6.07) is 3.34. The molecule has 1 saturated heterocycles. The van der Waals surface area contributed by atoms with Gasteiger partial charge in [0.15, 0.2) is 0 Å². The van der Waals surface area contributed by atoms with Crippen LogP contribution >= 0.6 is 0 Å². The van der Waals surface area contributed by atoms with Crippen LogP contribution in [-0.4, -0.2) is 70.5 Å². The van der Waals surface area contributed by atoms with Crippen molar-refractivity contribution in [2.24, 2.45) is 0 Å². The molecule has 0 N–H and O–H groups in total. The predicted octanol–water partition coefficient (Wildman–Crippen LogP) is 0.102. The molecule has 2 aromatic heterocycles. The number of anilines is 1. The van der Waals surface area contributed by atoms with Crippen LogP contribution in [0.2, 0.25) is 0 Å². The van der Waals surface area contributed by atoms with Crippen LogP contribution in [0.1, 0.15) is 11.7 Å². The van der Waals surface area contributed by atoms with E-state index in [9.17, 15) is 4.79 Å². The lowest BCUT2D eigenvalue weighted by Crippen LogP contribution is -2.49. The van der Waals surface area contributed by atoms with Gasteiger partial charge in [-0.2, -0.15) is 5.10 Å². The molecule has 0 aliphatic carbocycles. The Hall–Kier alpha value is -2.68. The van der Waals surface area contributed by atoms with Gasteiger partial charge >= 0.3 is 0 Å². The van der Waals surface area contributed by atoms with E-state index in [-0.39, 0.29) is 11.9 Å². The number of fused-ring (bicyclic) bond motifs is 1. The Morgan fingerprint density at radius 2 is 2.16 bits per heavy atom. The number of methoxy groups -OCH3 is 1. The molecule has 4 rings (SSSR count). The lowest BCUT2D eigenvalue weighted by atomic mass is 10.1. The molecule has 132 valence electrons. The van der Waals surface area contributed by atoms with Crippen LogP contribution in [0.15, 0.2) is 24.7 Å². The van der Waals surface area contributed by atoms with Crippen molar-refractivity contribution < 1.29 is 14.3 Å². The molecule has 1 amide bonds. The highest BCUT2D eigenvalue weighted by Crippen LogP contribution is 2.27. The first-order chi connectivity index (χ1) is 12.3. The molecule has 0 spiro atoms. The van der Waals surface area contributed by atoms with E-state index in [0.717, 1.165) is 11.5 Å². The lowest BCUT2D eigenvalue weighted by molar-refractivity contribution is -0.139. The minimum absolute atomic E-state index is 0.0685. The quantitative estimate of drug-likeness (QED) is 0.781. The summed E-state index contributed by atoms with van der Waals surface area (Å²) in [4.78, 5) is 25.3. The lowest BCUT2D eigenvalue weighted by Gasteiger charge is -2.37. The summed E-state index contributed by atoms with van der Waals surface area (Å²) in [5, 5.41) is 4.37. The number of ether oxygens (including phenoxy) is 2. The average Bonchev–Trinajstić information content (AvgIpc) is 3.16. The number of amides is 1. The van der Waals surface area contributed by atoms with Crippen LogP contribution in [0.3, 0.4) is 0 Å². The van der Waals surface area contributed by atoms with E-state index in [1.165, 1.54) is 6.33 Å². The Labute approximate surface area is 145 Å². The Kier molecular flexibility index (Phi) is 4.22. The predicted molar refractivity (Wildman–Crippen MR) is 88.3 cm³/mol. The van der Waals surface area contributed by atoms with E-state index in [2.05, 4.69) is 20.0 Å². The summed E-state index contributed by atoms with van der Waals surface area (Å²) in [6.45, 7) is 3.53. The molecule has 0 bridgehead atoms. The maximum absolute atomic E-state index is 13.0. The van der Waals surface area contributed by atoms with Gasteiger partial charge in [-0.3, -0.25) is 9.48 Å². The van der Waals surface area contributed by atoms with E-state index in [1.807, 2.05) is 15.6 Å². The van der Waals surface area contributed by atoms with Gasteiger partial charge in [0.1, 0.15) is 18.2 Å². The number of morpholine rings is 1. The summed E-state index contributed by atoms with van der Waals surface area (Å²) in [7, 11) is 1.57. The average molecular weight is 344 g/mol. The molecule has 2 aromatic rings. The van der Waals surface area contributed by atoms with Crippen LogP contribution in [-0.2, 0) is 16.1 Å². The van der Waals surface area contributed by atoms with Gasteiger partial charge in [0.05, 0.1) is 39.1 Å². The fourth-order valence-corrected chi connectivity index (χ4v) is 3.26. The van der Waals surface area contributed by atoms with E-state index >= 15 is 0 Å². The van der Waals surface area contributed by atoms with Gasteiger partial charge in [0, 0.05) is 25.4 Å². The van der Waals surface area contributed by atoms with Crippen molar-refractivity contribution in [1.82, 2.24) is 24.6 Å². The zero-order valence-corrected chi connectivity index (χ0v) is 14.0. The third-order valence-corrected chi connectivity index (χ3v) is 4.56. The zero-order chi connectivity index (χ0) is 17.2. The molecule has 2 aliphatic heterocycles. The first-order valence-corrected chi connectivity index (χ1v) is 8.26. The maximum atomic E-state index is 13.0. The summed E-state index contributed by atoms with van der Waals surface area (Å²) >= 11 is 0. The first-order valence-electron chi connectivity index (χ1n) is 8.26. The summed E-state index contributed by atoms with van der Waals surface area (Å²) in [6.07, 6.45) is 3.21. The molecule has 2 aliphatic rings. The topological polar surface area (TPSA) is 85.6 Å². The third-order valence-electron chi connectivity index (χ3n) is 4.56. The second-order valence-corrected chi connectivity index (χ2v) is 6.02. The molecule has 0 radical (unpaired) electrons. The van der Waals surface area contributed by atoms with E-state index in [0.29, 0.717) is 45.3 Å². The fourth-order valence-electron chi connectivity index (χ4n) is 3.26. The van der Waals surface area contributed by atoms with E-state index in [1.54, 1.807) is 19.4 Å². The highest BCUT2D eigenvalue weighted by atomic mass is 16.5. The zero-order valence-electron chi connectivity index (χ0n) is 14.0. The molecule has 0 saturated carbocycles. The molecule has 1 atom stereocenters. The minimum atomic E-state index is -0.377. The molecule has 25 heavy (non-hydrogen) atoms. The fraction of sp³-hybridized carbons (Fsp3) is 0.500. The van der Waals surface area contributed by atoms with Crippen LogP contribution in [0.25, 0.3) is 0 Å². The Bertz CT molecular complexity index is 758. The molecular formula is C16H20N6O3. The smallest absolute Gasteiger partial charge is 0.249 e. The van der Waals surface area contributed by atoms with Crippen LogP contribution in [0, 0.1) is 0 Å². The minimum Gasteiger partial charge on any atom is -0.481 e. The number of hydrogen-bond donors (Lipinski definition) is 0. The van der Waals surface area contributed by atoms with Crippen molar-refractivity contribution >= 4 is 11.7 Å². The second-order valence-electron chi connectivity index (χ2n) is 6.02. The van der Waals surface area contributed by atoms with Gasteiger partial charge in [-0.15, -0.1) is 0 Å². The van der Waals surface area contributed by atoms with Crippen molar-refractivity contribution in [3.63, 3.8) is 0 Å². The number of carbonyl (C=O) groups is 1. The normalized spacial score (nSPS) is 20.3. The van der Waals surface area contributed by atoms with Gasteiger partial charge < -0.3 is 19.3 Å². The SMILES string of the molecule is COc1cc(N2Cc3ccnn3C(C(=O)N3CCOCC3)C2)ncn1. The maximum Gasteiger partial charge on any atom is 0.249 e. The molecular weight excluding hydrogens is 324 g/mol. The van der Waals surface area contributed by atoms with Crippen LogP contribution < -0.4 is 9.64 Å². The van der Waals surface area contributed by atoms with Crippen LogP contribution in [0.5, 0.6) is 5.88 Å². The van der Waals surface area contributed by atoms with Crippen molar-refractivity contribution in [2.75, 3.05) is 44.9 Å². The standard InChI is InChI=1S/C16H20N6O3/c1-24-15-8-14(17-11-18-15)21-9-12-2-3-19-22(12)13(10-21)16(23)20-4-6-25-7-5-20/h2-3,8,11,13H,4-7,9-10H2,1H3. The van der Waals surface area contributed by atoms with Crippen molar-refractivity contribution in [2.45, 2.75) is 12.6 Å². The van der Waals surface area contributed by atoms with E-state index in [4.69, 9.17) is 9.47 Å². The number of nitrogens with zero attached hydrogens (tertiary/aromatic N) is 6. The van der Waals surface area contributed by atoms with Crippen molar-refractivity contribution in [1.29, 1.82) is 0 Å². The summed E-state index contributed by atoms with van der Waals surface area (Å²) in [5.74, 6) is 1.30. The van der Waals surface area contributed by atoms with Gasteiger partial charge in [-0.05, 0) is 6.07 Å². The number of rotatable bonds is 3. The highest BCUT2D eigenvalue weighted by molar-refractivity contribution is 5.81. The Morgan fingerprint density at radius 3 is 2.96 bits per heavy atom. The van der Waals surface area contributed by atoms with Gasteiger partial charge in [0.25, 0.3) is 0 Å². The molecule has 0 aromatic carbocycles. The van der Waals surface area contributed by atoms with E-state index < -0.39 is 0 Å². The Morgan fingerprint density at radius 1 is 1.32 bits per heavy atom. The number of hydrogen-bond acceptors (Lipinski definition) is 7. The number of carbonyl (C=O) groups excluding carboxylic acids is 1. The Balaban J connectivity index is 1.62. The van der Waals surface area contributed by atoms with Crippen LogP contribution in [0.4, 0.5) is 5.82 Å².